The van der Waals surface area contributed by atoms with Crippen LogP contribution in [0.1, 0.15) is 29.9 Å². The van der Waals surface area contributed by atoms with Crippen LogP contribution < -0.4 is 9.64 Å². The SMILES string of the molecule is CCN(CC)CCN(C(=O)c1cnn(-c2ccccc2)c1C)c1nc2c(OC)ccc(Cl)c2s1. The average molecular weight is 498 g/mol. The van der Waals surface area contributed by atoms with Crippen LogP contribution in [0.4, 0.5) is 5.13 Å². The number of thiazole rings is 1. The molecule has 0 fully saturated rings. The van der Waals surface area contributed by atoms with Gasteiger partial charge in [-0.15, -0.1) is 0 Å². The number of benzene rings is 2. The van der Waals surface area contributed by atoms with Crippen molar-refractivity contribution in [2.75, 3.05) is 38.2 Å². The second-order valence-corrected chi connectivity index (χ2v) is 9.18. The van der Waals surface area contributed by atoms with Gasteiger partial charge in [0.1, 0.15) is 11.3 Å². The second kappa shape index (κ2) is 10.5. The first-order valence-electron chi connectivity index (χ1n) is 11.3. The topological polar surface area (TPSA) is 63.5 Å². The van der Waals surface area contributed by atoms with Gasteiger partial charge >= 0.3 is 0 Å². The molecule has 2 aromatic carbocycles. The number of nitrogens with zero attached hydrogens (tertiary/aromatic N) is 5. The number of likely N-dealkylation sites (N-methyl/N-ethyl adjacent to an activating group) is 1. The highest BCUT2D eigenvalue weighted by Gasteiger charge is 2.26. The van der Waals surface area contributed by atoms with Crippen molar-refractivity contribution in [2.45, 2.75) is 20.8 Å². The number of amides is 1. The lowest BCUT2D eigenvalue weighted by atomic mass is 10.2. The molecule has 0 aliphatic rings. The van der Waals surface area contributed by atoms with Gasteiger partial charge in [-0.3, -0.25) is 9.69 Å². The zero-order valence-electron chi connectivity index (χ0n) is 19.8. The molecule has 0 bridgehead atoms. The van der Waals surface area contributed by atoms with E-state index < -0.39 is 0 Å². The summed E-state index contributed by atoms with van der Waals surface area (Å²) in [5.41, 5.74) is 2.89. The number of hydrogen-bond donors (Lipinski definition) is 0. The van der Waals surface area contributed by atoms with E-state index in [2.05, 4.69) is 23.8 Å². The molecule has 0 aliphatic heterocycles. The molecule has 0 saturated heterocycles. The Labute approximate surface area is 208 Å². The number of aromatic nitrogens is 3. The maximum atomic E-state index is 13.9. The first-order valence-corrected chi connectivity index (χ1v) is 12.4. The van der Waals surface area contributed by atoms with Gasteiger partial charge in [-0.2, -0.15) is 5.10 Å². The van der Waals surface area contributed by atoms with Gasteiger partial charge in [-0.1, -0.05) is 55.0 Å². The number of para-hydroxylation sites is 1. The summed E-state index contributed by atoms with van der Waals surface area (Å²) in [5, 5.41) is 5.67. The van der Waals surface area contributed by atoms with Gasteiger partial charge in [-0.05, 0) is 44.3 Å². The highest BCUT2D eigenvalue weighted by atomic mass is 35.5. The van der Waals surface area contributed by atoms with E-state index in [4.69, 9.17) is 21.3 Å². The molecule has 0 N–H and O–H groups in total. The number of ether oxygens (including phenoxy) is 1. The summed E-state index contributed by atoms with van der Waals surface area (Å²) in [6, 6.07) is 13.4. The van der Waals surface area contributed by atoms with E-state index in [-0.39, 0.29) is 5.91 Å². The predicted octanol–water partition coefficient (Wildman–Crippen LogP) is 5.44. The monoisotopic (exact) mass is 497 g/mol. The van der Waals surface area contributed by atoms with Crippen LogP contribution in [0.15, 0.2) is 48.7 Å². The summed E-state index contributed by atoms with van der Waals surface area (Å²) in [7, 11) is 1.60. The van der Waals surface area contributed by atoms with E-state index in [0.717, 1.165) is 35.7 Å². The zero-order valence-corrected chi connectivity index (χ0v) is 21.4. The molecular formula is C25H28ClN5O2S. The molecule has 0 unspecified atom stereocenters. The van der Waals surface area contributed by atoms with Crippen LogP contribution >= 0.6 is 22.9 Å². The molecular weight excluding hydrogens is 470 g/mol. The van der Waals surface area contributed by atoms with Crippen molar-refractivity contribution in [3.05, 3.63) is 64.9 Å². The molecule has 0 spiro atoms. The molecule has 2 heterocycles. The van der Waals surface area contributed by atoms with Crippen molar-refractivity contribution >= 4 is 44.2 Å². The molecule has 0 saturated carbocycles. The second-order valence-electron chi connectivity index (χ2n) is 7.80. The highest BCUT2D eigenvalue weighted by molar-refractivity contribution is 7.23. The lowest BCUT2D eigenvalue weighted by Crippen LogP contribution is -2.39. The Bertz CT molecular complexity index is 1280. The van der Waals surface area contributed by atoms with Crippen molar-refractivity contribution in [1.82, 2.24) is 19.7 Å². The summed E-state index contributed by atoms with van der Waals surface area (Å²) in [6.45, 7) is 9.18. The molecule has 4 rings (SSSR count). The van der Waals surface area contributed by atoms with Gasteiger partial charge in [-0.25, -0.2) is 9.67 Å². The molecule has 4 aromatic rings. The average Bonchev–Trinajstić information content (AvgIpc) is 3.47. The summed E-state index contributed by atoms with van der Waals surface area (Å²) < 4.78 is 8.07. The summed E-state index contributed by atoms with van der Waals surface area (Å²) in [4.78, 5) is 22.7. The number of carbonyl (C=O) groups is 1. The molecule has 0 radical (unpaired) electrons. The van der Waals surface area contributed by atoms with Gasteiger partial charge in [0.2, 0.25) is 0 Å². The fourth-order valence-corrected chi connectivity index (χ4v) is 5.16. The minimum atomic E-state index is -0.138. The van der Waals surface area contributed by atoms with Crippen molar-refractivity contribution in [1.29, 1.82) is 0 Å². The third-order valence-corrected chi connectivity index (χ3v) is 7.46. The van der Waals surface area contributed by atoms with Gasteiger partial charge in [0.15, 0.2) is 5.13 Å². The largest absolute Gasteiger partial charge is 0.494 e. The minimum Gasteiger partial charge on any atom is -0.494 e. The van der Waals surface area contributed by atoms with Crippen molar-refractivity contribution in [2.24, 2.45) is 0 Å². The van der Waals surface area contributed by atoms with E-state index in [1.807, 2.05) is 37.3 Å². The molecule has 2 aromatic heterocycles. The molecule has 7 nitrogen and oxygen atoms in total. The predicted molar refractivity (Wildman–Crippen MR) is 139 cm³/mol. The molecule has 0 atom stereocenters. The molecule has 34 heavy (non-hydrogen) atoms. The van der Waals surface area contributed by atoms with E-state index in [1.54, 1.807) is 35.0 Å². The van der Waals surface area contributed by atoms with E-state index >= 15 is 0 Å². The van der Waals surface area contributed by atoms with Crippen LogP contribution in [0.3, 0.4) is 0 Å². The number of fused-ring (bicyclic) bond motifs is 1. The van der Waals surface area contributed by atoms with Gasteiger partial charge in [0, 0.05) is 13.1 Å². The number of hydrogen-bond acceptors (Lipinski definition) is 6. The molecule has 9 heteroatoms. The Morgan fingerprint density at radius 1 is 1.12 bits per heavy atom. The standard InChI is InChI=1S/C25H28ClN5O2S/c1-5-29(6-2)14-15-30(25-28-22-21(33-4)13-12-20(26)23(22)34-25)24(32)19-16-27-31(17(19)3)18-10-8-7-9-11-18/h7-13,16H,5-6,14-15H2,1-4H3. The first-order chi connectivity index (χ1) is 16.5. The lowest BCUT2D eigenvalue weighted by Gasteiger charge is -2.24. The third kappa shape index (κ3) is 4.66. The Balaban J connectivity index is 1.75. The van der Waals surface area contributed by atoms with Crippen molar-refractivity contribution < 1.29 is 9.53 Å². The maximum Gasteiger partial charge on any atom is 0.263 e. The van der Waals surface area contributed by atoms with E-state index in [1.165, 1.54) is 11.3 Å². The first kappa shape index (κ1) is 24.2. The van der Waals surface area contributed by atoms with Crippen LogP contribution in [0.25, 0.3) is 15.9 Å². The van der Waals surface area contributed by atoms with Gasteiger partial charge in [0.25, 0.3) is 5.91 Å². The number of carbonyl (C=O) groups excluding carboxylic acids is 1. The number of halogens is 1. The van der Waals surface area contributed by atoms with E-state index in [0.29, 0.717) is 33.5 Å². The molecule has 178 valence electrons. The molecule has 1 amide bonds. The third-order valence-electron chi connectivity index (χ3n) is 5.92. The van der Waals surface area contributed by atoms with Crippen LogP contribution in [0.2, 0.25) is 5.02 Å². The zero-order chi connectivity index (χ0) is 24.2. The fraction of sp³-hybridized carbons (Fsp3) is 0.320. The highest BCUT2D eigenvalue weighted by Crippen LogP contribution is 2.39. The van der Waals surface area contributed by atoms with Crippen molar-refractivity contribution in [3.63, 3.8) is 0 Å². The number of anilines is 1. The number of rotatable bonds is 9. The Morgan fingerprint density at radius 3 is 2.53 bits per heavy atom. The quantitative estimate of drug-likeness (QED) is 0.308. The van der Waals surface area contributed by atoms with Crippen molar-refractivity contribution in [3.8, 4) is 11.4 Å². The van der Waals surface area contributed by atoms with Crippen LogP contribution in [0.5, 0.6) is 5.75 Å². The lowest BCUT2D eigenvalue weighted by molar-refractivity contribution is 0.0983. The normalized spacial score (nSPS) is 11.4. The van der Waals surface area contributed by atoms with Crippen LogP contribution in [-0.2, 0) is 0 Å². The Kier molecular flexibility index (Phi) is 7.50. The van der Waals surface area contributed by atoms with Crippen LogP contribution in [0, 0.1) is 6.92 Å². The fourth-order valence-electron chi connectivity index (χ4n) is 3.88. The van der Waals surface area contributed by atoms with Crippen LogP contribution in [-0.4, -0.2) is 58.9 Å². The minimum absolute atomic E-state index is 0.138. The van der Waals surface area contributed by atoms with E-state index in [9.17, 15) is 4.79 Å². The Morgan fingerprint density at radius 2 is 1.85 bits per heavy atom. The smallest absolute Gasteiger partial charge is 0.263 e. The molecule has 0 aliphatic carbocycles. The van der Waals surface area contributed by atoms with Gasteiger partial charge < -0.3 is 9.64 Å². The summed E-state index contributed by atoms with van der Waals surface area (Å²) in [6.07, 6.45) is 1.63. The van der Waals surface area contributed by atoms with Gasteiger partial charge in [0.05, 0.1) is 40.0 Å². The maximum absolute atomic E-state index is 13.9. The Hall–Kier alpha value is -2.94. The summed E-state index contributed by atoms with van der Waals surface area (Å²) >= 11 is 7.86. The summed E-state index contributed by atoms with van der Waals surface area (Å²) in [5.74, 6) is 0.493. The number of methoxy groups -OCH3 is 1.